The van der Waals surface area contributed by atoms with Crippen molar-refractivity contribution >= 4 is 0 Å². The predicted molar refractivity (Wildman–Crippen MR) is 51.1 cm³/mol. The van der Waals surface area contributed by atoms with E-state index in [0.717, 1.165) is 0 Å². The summed E-state index contributed by atoms with van der Waals surface area (Å²) in [7, 11) is 0. The van der Waals surface area contributed by atoms with Crippen LogP contribution in [-0.4, -0.2) is 0 Å². The van der Waals surface area contributed by atoms with E-state index in [9.17, 15) is 0 Å². The van der Waals surface area contributed by atoms with Gasteiger partial charge in [0.15, 0.2) is 0 Å². The monoisotopic (exact) mass is 151 g/mol. The molecular weight excluding hydrogens is 134 g/mol. The third kappa shape index (κ3) is 3.66. The average Bonchev–Trinajstić information content (AvgIpc) is 1.87. The molecule has 0 saturated heterocycles. The third-order valence-electron chi connectivity index (χ3n) is 1.44. The smallest absolute Gasteiger partial charge is 0.00417 e. The zero-order chi connectivity index (χ0) is 8.91. The Balaban J connectivity index is 4.39. The molecule has 1 heteroatoms. The summed E-state index contributed by atoms with van der Waals surface area (Å²) in [4.78, 5) is 0. The van der Waals surface area contributed by atoms with Gasteiger partial charge in [0, 0.05) is 6.20 Å². The zero-order valence-electron chi connectivity index (χ0n) is 7.65. The molecule has 0 aliphatic heterocycles. The van der Waals surface area contributed by atoms with E-state index in [1.165, 1.54) is 5.57 Å². The topological polar surface area (TPSA) is 12.0 Å². The SMILES string of the molecule is C=CN/C=C(\C=C)C(C)(C)C. The van der Waals surface area contributed by atoms with Gasteiger partial charge in [-0.25, -0.2) is 0 Å². The summed E-state index contributed by atoms with van der Waals surface area (Å²) < 4.78 is 0. The standard InChI is InChI=1S/C10H17N/c1-6-9(8-11-7-2)10(3,4)5/h6-8,11H,1-2H2,3-5H3/b9-8+. The Hall–Kier alpha value is -0.980. The van der Waals surface area contributed by atoms with Crippen LogP contribution in [0, 0.1) is 5.41 Å². The number of rotatable bonds is 3. The molecule has 11 heavy (non-hydrogen) atoms. The second-order valence-corrected chi connectivity index (χ2v) is 3.42. The molecule has 0 radical (unpaired) electrons. The van der Waals surface area contributed by atoms with Crippen LogP contribution in [0.25, 0.3) is 0 Å². The fraction of sp³-hybridized carbons (Fsp3) is 0.400. The van der Waals surface area contributed by atoms with Crippen molar-refractivity contribution in [3.63, 3.8) is 0 Å². The van der Waals surface area contributed by atoms with Crippen molar-refractivity contribution in [3.8, 4) is 0 Å². The molecule has 0 aromatic rings. The minimum atomic E-state index is 0.151. The number of allylic oxidation sites excluding steroid dienone is 2. The Morgan fingerprint density at radius 2 is 1.82 bits per heavy atom. The van der Waals surface area contributed by atoms with Crippen molar-refractivity contribution < 1.29 is 0 Å². The highest BCUT2D eigenvalue weighted by Crippen LogP contribution is 2.24. The summed E-state index contributed by atoms with van der Waals surface area (Å²) in [6, 6.07) is 0. The molecule has 0 amide bonds. The maximum Gasteiger partial charge on any atom is 0.00417 e. The van der Waals surface area contributed by atoms with Crippen molar-refractivity contribution in [2.45, 2.75) is 20.8 Å². The molecule has 0 bridgehead atoms. The molecule has 0 aliphatic carbocycles. The number of nitrogens with one attached hydrogen (secondary N) is 1. The maximum atomic E-state index is 3.74. The summed E-state index contributed by atoms with van der Waals surface area (Å²) in [6.07, 6.45) is 5.42. The van der Waals surface area contributed by atoms with Gasteiger partial charge < -0.3 is 5.32 Å². The van der Waals surface area contributed by atoms with Crippen molar-refractivity contribution in [1.82, 2.24) is 5.32 Å². The van der Waals surface area contributed by atoms with Gasteiger partial charge in [-0.2, -0.15) is 0 Å². The van der Waals surface area contributed by atoms with Gasteiger partial charge in [0.05, 0.1) is 0 Å². The first-order valence-electron chi connectivity index (χ1n) is 3.72. The van der Waals surface area contributed by atoms with E-state index >= 15 is 0 Å². The zero-order valence-corrected chi connectivity index (χ0v) is 7.65. The molecule has 62 valence electrons. The molecule has 0 aromatic heterocycles. The van der Waals surface area contributed by atoms with E-state index < -0.39 is 0 Å². The molecule has 0 rings (SSSR count). The fourth-order valence-electron chi connectivity index (χ4n) is 0.730. The Bertz CT molecular complexity index is 170. The minimum absolute atomic E-state index is 0.151. The van der Waals surface area contributed by atoms with Gasteiger partial charge >= 0.3 is 0 Å². The highest BCUT2D eigenvalue weighted by Gasteiger charge is 2.12. The van der Waals surface area contributed by atoms with Crippen molar-refractivity contribution in [2.75, 3.05) is 0 Å². The molecule has 0 heterocycles. The van der Waals surface area contributed by atoms with Gasteiger partial charge in [0.2, 0.25) is 0 Å². The average molecular weight is 151 g/mol. The van der Waals surface area contributed by atoms with Gasteiger partial charge in [-0.05, 0) is 17.2 Å². The van der Waals surface area contributed by atoms with Crippen LogP contribution in [0.1, 0.15) is 20.8 Å². The van der Waals surface area contributed by atoms with Crippen LogP contribution >= 0.6 is 0 Å². The Morgan fingerprint density at radius 3 is 2.09 bits per heavy atom. The van der Waals surface area contributed by atoms with Gasteiger partial charge in [-0.3, -0.25) is 0 Å². The van der Waals surface area contributed by atoms with Crippen LogP contribution in [-0.2, 0) is 0 Å². The molecule has 0 aromatic carbocycles. The summed E-state index contributed by atoms with van der Waals surface area (Å²) in [5.74, 6) is 0. The summed E-state index contributed by atoms with van der Waals surface area (Å²) in [5.41, 5.74) is 1.33. The molecule has 0 atom stereocenters. The van der Waals surface area contributed by atoms with Crippen LogP contribution in [0.2, 0.25) is 0 Å². The molecule has 1 N–H and O–H groups in total. The van der Waals surface area contributed by atoms with Gasteiger partial charge in [0.25, 0.3) is 0 Å². The molecule has 0 aliphatic rings. The molecule has 0 unspecified atom stereocenters. The van der Waals surface area contributed by atoms with Crippen molar-refractivity contribution in [2.24, 2.45) is 5.41 Å². The van der Waals surface area contributed by atoms with Crippen LogP contribution in [0.5, 0.6) is 0 Å². The number of hydrogen-bond donors (Lipinski definition) is 1. The Labute approximate surface area is 69.5 Å². The molecule has 0 fully saturated rings. The summed E-state index contributed by atoms with van der Waals surface area (Å²) in [5, 5.41) is 2.94. The predicted octanol–water partition coefficient (Wildman–Crippen LogP) is 2.84. The number of hydrogen-bond acceptors (Lipinski definition) is 1. The Morgan fingerprint density at radius 1 is 1.27 bits per heavy atom. The van der Waals surface area contributed by atoms with Crippen LogP contribution in [0.4, 0.5) is 0 Å². The normalized spacial score (nSPS) is 12.5. The molecule has 1 nitrogen and oxygen atoms in total. The van der Waals surface area contributed by atoms with Crippen LogP contribution in [0.3, 0.4) is 0 Å². The van der Waals surface area contributed by atoms with Gasteiger partial charge in [-0.1, -0.05) is 40.0 Å². The first-order chi connectivity index (χ1) is 5.02. The third-order valence-corrected chi connectivity index (χ3v) is 1.44. The second kappa shape index (κ2) is 4.02. The van der Waals surface area contributed by atoms with Gasteiger partial charge in [-0.15, -0.1) is 0 Å². The second-order valence-electron chi connectivity index (χ2n) is 3.42. The molecular formula is C10H17N. The quantitative estimate of drug-likeness (QED) is 0.611. The highest BCUT2D eigenvalue weighted by atomic mass is 14.8. The lowest BCUT2D eigenvalue weighted by molar-refractivity contribution is 0.514. The van der Waals surface area contributed by atoms with E-state index in [0.29, 0.717) is 0 Å². The summed E-state index contributed by atoms with van der Waals surface area (Å²) >= 11 is 0. The van der Waals surface area contributed by atoms with Crippen molar-refractivity contribution in [3.05, 3.63) is 37.2 Å². The first kappa shape index (κ1) is 10.0. The first-order valence-corrected chi connectivity index (χ1v) is 3.72. The van der Waals surface area contributed by atoms with E-state index in [1.807, 2.05) is 12.3 Å². The Kier molecular flexibility index (Phi) is 3.66. The van der Waals surface area contributed by atoms with E-state index in [2.05, 4.69) is 39.2 Å². The lowest BCUT2D eigenvalue weighted by Gasteiger charge is -2.19. The van der Waals surface area contributed by atoms with Crippen LogP contribution in [0.15, 0.2) is 37.2 Å². The van der Waals surface area contributed by atoms with E-state index in [1.54, 1.807) is 6.20 Å². The van der Waals surface area contributed by atoms with E-state index in [-0.39, 0.29) is 5.41 Å². The van der Waals surface area contributed by atoms with Crippen molar-refractivity contribution in [1.29, 1.82) is 0 Å². The van der Waals surface area contributed by atoms with Gasteiger partial charge in [0.1, 0.15) is 0 Å². The lowest BCUT2D eigenvalue weighted by Crippen LogP contribution is -2.10. The highest BCUT2D eigenvalue weighted by molar-refractivity contribution is 5.22. The lowest BCUT2D eigenvalue weighted by atomic mass is 9.87. The fourth-order valence-corrected chi connectivity index (χ4v) is 0.730. The largest absolute Gasteiger partial charge is 0.368 e. The maximum absolute atomic E-state index is 3.74. The summed E-state index contributed by atoms with van der Waals surface area (Å²) in [6.45, 7) is 13.7. The van der Waals surface area contributed by atoms with E-state index in [4.69, 9.17) is 0 Å². The minimum Gasteiger partial charge on any atom is -0.368 e. The van der Waals surface area contributed by atoms with Crippen LogP contribution < -0.4 is 5.32 Å². The molecule has 0 saturated carbocycles. The molecule has 0 spiro atoms.